The molecule has 12 nitrogen and oxygen atoms in total. The number of amides is 3. The van der Waals surface area contributed by atoms with E-state index < -0.39 is 36.3 Å². The molecule has 0 heterocycles. The number of urea groups is 1. The summed E-state index contributed by atoms with van der Waals surface area (Å²) in [6.07, 6.45) is -0.726. The van der Waals surface area contributed by atoms with Crippen LogP contribution in [-0.4, -0.2) is 63.1 Å². The lowest BCUT2D eigenvalue weighted by molar-refractivity contribution is -0.191. The summed E-state index contributed by atoms with van der Waals surface area (Å²) >= 11 is 0. The second-order valence-corrected chi connectivity index (χ2v) is 5.49. The molecular formula is C17H21N3O9. The van der Waals surface area contributed by atoms with Crippen molar-refractivity contribution in [3.63, 3.8) is 0 Å². The maximum absolute atomic E-state index is 11.7. The predicted octanol–water partition coefficient (Wildman–Crippen LogP) is -0.172. The Kier molecular flexibility index (Phi) is 12.5. The summed E-state index contributed by atoms with van der Waals surface area (Å²) < 4.78 is 0. The van der Waals surface area contributed by atoms with Crippen molar-refractivity contribution in [2.75, 3.05) is 6.54 Å². The fourth-order valence-electron chi connectivity index (χ4n) is 1.94. The van der Waals surface area contributed by atoms with Crippen molar-refractivity contribution in [1.82, 2.24) is 15.7 Å². The van der Waals surface area contributed by atoms with Gasteiger partial charge in [-0.2, -0.15) is 9.59 Å². The van der Waals surface area contributed by atoms with Gasteiger partial charge < -0.3 is 20.8 Å². The lowest BCUT2D eigenvalue weighted by Crippen LogP contribution is -2.47. The highest BCUT2D eigenvalue weighted by Gasteiger charge is 2.23. The fourth-order valence-corrected chi connectivity index (χ4v) is 1.94. The number of benzene rings is 1. The average molecular weight is 411 g/mol. The highest BCUT2D eigenvalue weighted by molar-refractivity contribution is 5.83. The molecule has 0 saturated carbocycles. The van der Waals surface area contributed by atoms with Gasteiger partial charge in [-0.1, -0.05) is 30.3 Å². The molecule has 0 saturated heterocycles. The minimum absolute atomic E-state index is 0.179. The van der Waals surface area contributed by atoms with Crippen molar-refractivity contribution in [3.05, 3.63) is 35.9 Å². The number of rotatable bonds is 10. The Morgan fingerprint density at radius 2 is 1.62 bits per heavy atom. The van der Waals surface area contributed by atoms with Crippen molar-refractivity contribution in [1.29, 1.82) is 0 Å². The molecule has 5 N–H and O–H groups in total. The first-order chi connectivity index (χ1) is 13.7. The third-order valence-corrected chi connectivity index (χ3v) is 3.36. The molecule has 0 unspecified atom stereocenters. The van der Waals surface area contributed by atoms with Crippen LogP contribution in [0.25, 0.3) is 0 Å². The number of hydroxylamine groups is 2. The summed E-state index contributed by atoms with van der Waals surface area (Å²) in [4.78, 5) is 61.1. The van der Waals surface area contributed by atoms with Gasteiger partial charge in [0.25, 0.3) is 0 Å². The number of nitrogens with zero attached hydrogens (tertiary/aromatic N) is 1. The van der Waals surface area contributed by atoms with Crippen LogP contribution in [0, 0.1) is 0 Å². The quantitative estimate of drug-likeness (QED) is 0.257. The zero-order valence-electron chi connectivity index (χ0n) is 15.2. The number of carboxylic acid groups (broad SMARTS) is 2. The average Bonchev–Trinajstić information content (AvgIpc) is 2.68. The summed E-state index contributed by atoms with van der Waals surface area (Å²) in [6.45, 7) is -0.0503. The third kappa shape index (κ3) is 12.3. The smallest absolute Gasteiger partial charge is 0.373 e. The lowest BCUT2D eigenvalue weighted by Gasteiger charge is -2.19. The highest BCUT2D eigenvalue weighted by Crippen LogP contribution is 2.01. The normalized spacial score (nSPS) is 10.4. The molecule has 0 aromatic heterocycles. The maximum Gasteiger partial charge on any atom is 0.373 e. The summed E-state index contributed by atoms with van der Waals surface area (Å²) in [6, 6.07) is 6.56. The number of hydrogen-bond acceptors (Lipinski definition) is 7. The van der Waals surface area contributed by atoms with Crippen LogP contribution in [0.2, 0.25) is 0 Å². The van der Waals surface area contributed by atoms with Crippen molar-refractivity contribution < 1.29 is 44.2 Å². The van der Waals surface area contributed by atoms with E-state index in [0.29, 0.717) is 6.54 Å². The number of hydrogen-bond donors (Lipinski definition) is 5. The van der Waals surface area contributed by atoms with Crippen LogP contribution in [-0.2, 0) is 30.5 Å². The molecule has 3 amide bonds. The van der Waals surface area contributed by atoms with Gasteiger partial charge in [0, 0.05) is 19.4 Å². The van der Waals surface area contributed by atoms with E-state index in [1.165, 1.54) is 0 Å². The van der Waals surface area contributed by atoms with Crippen molar-refractivity contribution in [2.24, 2.45) is 0 Å². The Hall–Kier alpha value is -3.76. The fraction of sp³-hybridized carbons (Fsp3) is 0.353. The van der Waals surface area contributed by atoms with Crippen molar-refractivity contribution in [3.8, 4) is 0 Å². The van der Waals surface area contributed by atoms with Crippen LogP contribution in [0.15, 0.2) is 30.3 Å². The largest absolute Gasteiger partial charge is 0.481 e. The van der Waals surface area contributed by atoms with Crippen molar-refractivity contribution >= 4 is 30.0 Å². The molecule has 29 heavy (non-hydrogen) atoms. The van der Waals surface area contributed by atoms with E-state index in [-0.39, 0.29) is 30.6 Å². The molecule has 0 aliphatic carbocycles. The van der Waals surface area contributed by atoms with Crippen LogP contribution in [0.4, 0.5) is 4.79 Å². The lowest BCUT2D eigenvalue weighted by atomic mass is 10.1. The summed E-state index contributed by atoms with van der Waals surface area (Å²) in [5.41, 5.74) is 0.891. The molecule has 0 spiro atoms. The van der Waals surface area contributed by atoms with Crippen LogP contribution in [0.5, 0.6) is 0 Å². The highest BCUT2D eigenvalue weighted by atomic mass is 16.5. The van der Waals surface area contributed by atoms with Gasteiger partial charge >= 0.3 is 24.1 Å². The number of nitrogens with one attached hydrogen (secondary N) is 2. The van der Waals surface area contributed by atoms with E-state index in [0.717, 1.165) is 5.56 Å². The van der Waals surface area contributed by atoms with E-state index in [4.69, 9.17) is 19.8 Å². The standard InChI is InChI=1S/C16H21N3O7.CO2/c20-13(17-10-11-4-2-1-3-5-11)8-9-19(26)16(25)18-12(15(23)24)6-7-14(21)22;2-1-3/h1-5,12,26H,6-10H2,(H,17,20)(H,18,25)(H,21,22)(H,23,24);/t12-;/m1./s1. The molecular weight excluding hydrogens is 390 g/mol. The molecule has 0 fully saturated rings. The van der Waals surface area contributed by atoms with E-state index in [1.54, 1.807) is 0 Å². The molecule has 158 valence electrons. The molecule has 1 aromatic carbocycles. The third-order valence-electron chi connectivity index (χ3n) is 3.36. The minimum Gasteiger partial charge on any atom is -0.481 e. The topological polar surface area (TPSA) is 190 Å². The minimum atomic E-state index is -1.46. The van der Waals surface area contributed by atoms with Gasteiger partial charge in [-0.25, -0.2) is 14.7 Å². The van der Waals surface area contributed by atoms with Gasteiger partial charge in [0.05, 0.1) is 6.54 Å². The number of carbonyl (C=O) groups excluding carboxylic acids is 4. The van der Waals surface area contributed by atoms with E-state index in [2.05, 4.69) is 5.32 Å². The monoisotopic (exact) mass is 411 g/mol. The summed E-state index contributed by atoms with van der Waals surface area (Å²) in [5, 5.41) is 31.9. The number of carboxylic acids is 2. The van der Waals surface area contributed by atoms with Crippen LogP contribution >= 0.6 is 0 Å². The molecule has 0 radical (unpaired) electrons. The molecule has 12 heteroatoms. The molecule has 1 aromatic rings. The SMILES string of the molecule is O=C(O)CC[C@@H](NC(=O)N(O)CCC(=O)NCc1ccccc1)C(=O)O.O=C=O. The van der Waals surface area contributed by atoms with Gasteiger partial charge in [-0.15, -0.1) is 0 Å². The van der Waals surface area contributed by atoms with Gasteiger partial charge in [0.2, 0.25) is 5.91 Å². The van der Waals surface area contributed by atoms with E-state index in [9.17, 15) is 24.4 Å². The molecule has 0 aliphatic rings. The zero-order chi connectivity index (χ0) is 22.2. The Balaban J connectivity index is 0.00000245. The first kappa shape index (κ1) is 25.2. The molecule has 0 aliphatic heterocycles. The number of aliphatic carboxylic acids is 2. The molecule has 1 rings (SSSR count). The Labute approximate surface area is 165 Å². The summed E-state index contributed by atoms with van der Waals surface area (Å²) in [5.74, 6) is -3.03. The first-order valence-corrected chi connectivity index (χ1v) is 8.22. The predicted molar refractivity (Wildman–Crippen MR) is 93.2 cm³/mol. The maximum atomic E-state index is 11.7. The van der Waals surface area contributed by atoms with E-state index >= 15 is 0 Å². The summed E-state index contributed by atoms with van der Waals surface area (Å²) in [7, 11) is 0. The molecule has 0 bridgehead atoms. The van der Waals surface area contributed by atoms with Crippen molar-refractivity contribution in [2.45, 2.75) is 31.8 Å². The zero-order valence-corrected chi connectivity index (χ0v) is 15.2. The first-order valence-electron chi connectivity index (χ1n) is 8.22. The molecule has 1 atom stereocenters. The van der Waals surface area contributed by atoms with Crippen LogP contribution in [0.1, 0.15) is 24.8 Å². The van der Waals surface area contributed by atoms with Gasteiger partial charge in [-0.3, -0.25) is 14.8 Å². The Morgan fingerprint density at radius 1 is 1.03 bits per heavy atom. The van der Waals surface area contributed by atoms with Gasteiger partial charge in [0.15, 0.2) is 0 Å². The Morgan fingerprint density at radius 3 is 2.14 bits per heavy atom. The van der Waals surface area contributed by atoms with Crippen LogP contribution < -0.4 is 10.6 Å². The number of carbonyl (C=O) groups is 4. The van der Waals surface area contributed by atoms with E-state index in [1.807, 2.05) is 35.6 Å². The van der Waals surface area contributed by atoms with Gasteiger partial charge in [0.1, 0.15) is 6.04 Å². The second kappa shape index (κ2) is 14.3. The van der Waals surface area contributed by atoms with Gasteiger partial charge in [-0.05, 0) is 12.0 Å². The second-order valence-electron chi connectivity index (χ2n) is 5.49. The van der Waals surface area contributed by atoms with Crippen LogP contribution in [0.3, 0.4) is 0 Å². The Bertz CT molecular complexity index is 718.